The van der Waals surface area contributed by atoms with Gasteiger partial charge in [-0.15, -0.1) is 0 Å². The van der Waals surface area contributed by atoms with Gasteiger partial charge in [0, 0.05) is 17.5 Å². The molecule has 0 aliphatic rings. The summed E-state index contributed by atoms with van der Waals surface area (Å²) in [4.78, 5) is 15.6. The minimum absolute atomic E-state index is 0.216. The zero-order valence-corrected chi connectivity index (χ0v) is 10.5. The van der Waals surface area contributed by atoms with Crippen molar-refractivity contribution in [3.63, 3.8) is 0 Å². The van der Waals surface area contributed by atoms with Crippen LogP contribution in [0, 0.1) is 0 Å². The number of pyridine rings is 1. The Kier molecular flexibility index (Phi) is 3.77. The molecular weight excluding hydrogens is 230 g/mol. The zero-order chi connectivity index (χ0) is 13.0. The van der Waals surface area contributed by atoms with Gasteiger partial charge in [-0.2, -0.15) is 0 Å². The van der Waals surface area contributed by atoms with Gasteiger partial charge in [-0.05, 0) is 24.3 Å². The van der Waals surface area contributed by atoms with Gasteiger partial charge in [-0.1, -0.05) is 6.07 Å². The predicted octanol–water partition coefficient (Wildman–Crippen LogP) is 2.35. The van der Waals surface area contributed by atoms with Crippen LogP contribution in [0.2, 0.25) is 0 Å². The van der Waals surface area contributed by atoms with Crippen LogP contribution in [0.3, 0.4) is 0 Å². The maximum absolute atomic E-state index is 11.1. The normalized spacial score (nSPS) is 10.3. The number of aromatic nitrogens is 1. The van der Waals surface area contributed by atoms with E-state index in [4.69, 9.17) is 4.74 Å². The number of rotatable bonds is 4. The lowest BCUT2D eigenvalue weighted by Gasteiger charge is -2.04. The Morgan fingerprint density at radius 2 is 2.06 bits per heavy atom. The average Bonchev–Trinajstić information content (AvgIpc) is 2.43. The van der Waals surface area contributed by atoms with E-state index in [9.17, 15) is 4.79 Å². The number of methoxy groups -OCH3 is 2. The fraction of sp³-hybridized carbons (Fsp3) is 0.286. The van der Waals surface area contributed by atoms with Crippen molar-refractivity contribution in [1.29, 1.82) is 0 Å². The number of hydrogen-bond donors (Lipinski definition) is 0. The van der Waals surface area contributed by atoms with Crippen LogP contribution in [0.5, 0.6) is 5.75 Å². The molecule has 2 rings (SSSR count). The molecule has 18 heavy (non-hydrogen) atoms. The highest BCUT2D eigenvalue weighted by atomic mass is 16.5. The third-order valence-corrected chi connectivity index (χ3v) is 2.77. The van der Waals surface area contributed by atoms with Gasteiger partial charge >= 0.3 is 5.97 Å². The van der Waals surface area contributed by atoms with E-state index in [2.05, 4.69) is 9.72 Å². The van der Waals surface area contributed by atoms with Crippen LogP contribution in [0.15, 0.2) is 30.3 Å². The van der Waals surface area contributed by atoms with Gasteiger partial charge in [-0.3, -0.25) is 9.78 Å². The van der Waals surface area contributed by atoms with Crippen LogP contribution >= 0.6 is 0 Å². The minimum Gasteiger partial charge on any atom is -0.497 e. The van der Waals surface area contributed by atoms with Crippen molar-refractivity contribution in [3.8, 4) is 5.75 Å². The van der Waals surface area contributed by atoms with Crippen LogP contribution in [0.25, 0.3) is 10.9 Å². The molecule has 1 aromatic heterocycles. The third kappa shape index (κ3) is 2.77. The number of aryl methyl sites for hydroxylation is 1. The summed E-state index contributed by atoms with van der Waals surface area (Å²) < 4.78 is 9.76. The molecule has 0 atom stereocenters. The molecule has 0 spiro atoms. The smallest absolute Gasteiger partial charge is 0.305 e. The summed E-state index contributed by atoms with van der Waals surface area (Å²) in [5, 5.41) is 1.02. The highest BCUT2D eigenvalue weighted by Gasteiger charge is 2.04. The predicted molar refractivity (Wildman–Crippen MR) is 68.6 cm³/mol. The molecule has 0 radical (unpaired) electrons. The Balaban J connectivity index is 2.20. The molecule has 1 heterocycles. The number of hydrogen-bond acceptors (Lipinski definition) is 4. The molecule has 4 heteroatoms. The van der Waals surface area contributed by atoms with Gasteiger partial charge in [-0.25, -0.2) is 0 Å². The highest BCUT2D eigenvalue weighted by Crippen LogP contribution is 2.19. The first-order valence-corrected chi connectivity index (χ1v) is 5.73. The number of nitrogens with zero attached hydrogens (tertiary/aromatic N) is 1. The second-order valence-electron chi connectivity index (χ2n) is 3.94. The maximum Gasteiger partial charge on any atom is 0.305 e. The molecule has 94 valence electrons. The van der Waals surface area contributed by atoms with Crippen molar-refractivity contribution in [2.45, 2.75) is 12.8 Å². The van der Waals surface area contributed by atoms with Crippen LogP contribution in [0.4, 0.5) is 0 Å². The summed E-state index contributed by atoms with van der Waals surface area (Å²) in [6.07, 6.45) is 0.944. The van der Waals surface area contributed by atoms with E-state index in [0.717, 1.165) is 22.3 Å². The van der Waals surface area contributed by atoms with E-state index in [0.29, 0.717) is 12.8 Å². The quantitative estimate of drug-likeness (QED) is 0.776. The van der Waals surface area contributed by atoms with Gasteiger partial charge in [0.2, 0.25) is 0 Å². The lowest BCUT2D eigenvalue weighted by Crippen LogP contribution is -2.02. The number of benzene rings is 1. The Hall–Kier alpha value is -2.10. The fourth-order valence-corrected chi connectivity index (χ4v) is 1.74. The van der Waals surface area contributed by atoms with E-state index in [-0.39, 0.29) is 5.97 Å². The number of carbonyl (C=O) groups excluding carboxylic acids is 1. The SMILES string of the molecule is COC(=O)CCc1ccc2cc(OC)ccc2n1. The summed E-state index contributed by atoms with van der Waals surface area (Å²) in [6, 6.07) is 9.63. The minimum atomic E-state index is -0.216. The van der Waals surface area contributed by atoms with Gasteiger partial charge < -0.3 is 9.47 Å². The van der Waals surface area contributed by atoms with Gasteiger partial charge in [0.25, 0.3) is 0 Å². The Labute approximate surface area is 106 Å². The van der Waals surface area contributed by atoms with E-state index in [1.54, 1.807) is 7.11 Å². The van der Waals surface area contributed by atoms with E-state index in [1.807, 2.05) is 30.3 Å². The van der Waals surface area contributed by atoms with Crippen molar-refractivity contribution in [3.05, 3.63) is 36.0 Å². The molecule has 4 nitrogen and oxygen atoms in total. The van der Waals surface area contributed by atoms with E-state index in [1.165, 1.54) is 7.11 Å². The molecular formula is C14H15NO3. The molecule has 0 fully saturated rings. The van der Waals surface area contributed by atoms with Crippen LogP contribution < -0.4 is 4.74 Å². The first-order valence-electron chi connectivity index (χ1n) is 5.73. The van der Waals surface area contributed by atoms with Crippen molar-refractivity contribution >= 4 is 16.9 Å². The second-order valence-corrected chi connectivity index (χ2v) is 3.94. The maximum atomic E-state index is 11.1. The number of carbonyl (C=O) groups is 1. The second kappa shape index (κ2) is 5.49. The van der Waals surface area contributed by atoms with Gasteiger partial charge in [0.15, 0.2) is 0 Å². The summed E-state index contributed by atoms with van der Waals surface area (Å²) >= 11 is 0. The standard InChI is InChI=1S/C14H15NO3/c1-17-12-6-7-13-10(9-12)3-4-11(15-13)5-8-14(16)18-2/h3-4,6-7,9H,5,8H2,1-2H3. The summed E-state index contributed by atoms with van der Waals surface area (Å²) in [7, 11) is 3.03. The van der Waals surface area contributed by atoms with Crippen molar-refractivity contribution in [2.75, 3.05) is 14.2 Å². The van der Waals surface area contributed by atoms with E-state index >= 15 is 0 Å². The lowest BCUT2D eigenvalue weighted by molar-refractivity contribution is -0.140. The Morgan fingerprint density at radius 1 is 1.22 bits per heavy atom. The molecule has 0 unspecified atom stereocenters. The summed E-state index contributed by atoms with van der Waals surface area (Å²) in [5.41, 5.74) is 1.79. The largest absolute Gasteiger partial charge is 0.497 e. The summed E-state index contributed by atoms with van der Waals surface area (Å²) in [6.45, 7) is 0. The molecule has 0 saturated carbocycles. The van der Waals surface area contributed by atoms with Crippen LogP contribution in [-0.2, 0) is 16.0 Å². The fourth-order valence-electron chi connectivity index (χ4n) is 1.74. The highest BCUT2D eigenvalue weighted by molar-refractivity contribution is 5.80. The topological polar surface area (TPSA) is 48.4 Å². The van der Waals surface area contributed by atoms with E-state index < -0.39 is 0 Å². The Morgan fingerprint density at radius 3 is 2.78 bits per heavy atom. The summed E-state index contributed by atoms with van der Waals surface area (Å²) in [5.74, 6) is 0.596. The van der Waals surface area contributed by atoms with Crippen molar-refractivity contribution < 1.29 is 14.3 Å². The van der Waals surface area contributed by atoms with Crippen molar-refractivity contribution in [1.82, 2.24) is 4.98 Å². The molecule has 0 bridgehead atoms. The average molecular weight is 245 g/mol. The zero-order valence-electron chi connectivity index (χ0n) is 10.5. The molecule has 0 saturated heterocycles. The molecule has 0 aliphatic heterocycles. The lowest BCUT2D eigenvalue weighted by atomic mass is 10.1. The molecule has 0 aliphatic carbocycles. The molecule has 0 N–H and O–H groups in total. The van der Waals surface area contributed by atoms with Gasteiger partial charge in [0.1, 0.15) is 5.75 Å². The third-order valence-electron chi connectivity index (χ3n) is 2.77. The Bertz CT molecular complexity index is 566. The monoisotopic (exact) mass is 245 g/mol. The van der Waals surface area contributed by atoms with Crippen LogP contribution in [-0.4, -0.2) is 25.2 Å². The first-order chi connectivity index (χ1) is 8.72. The number of fused-ring (bicyclic) bond motifs is 1. The number of esters is 1. The molecule has 2 aromatic rings. The molecule has 0 amide bonds. The van der Waals surface area contributed by atoms with Crippen LogP contribution in [0.1, 0.15) is 12.1 Å². The van der Waals surface area contributed by atoms with Crippen molar-refractivity contribution in [2.24, 2.45) is 0 Å². The molecule has 1 aromatic carbocycles. The first kappa shape index (κ1) is 12.4. The van der Waals surface area contributed by atoms with Gasteiger partial charge in [0.05, 0.1) is 26.2 Å². The number of ether oxygens (including phenoxy) is 2.